The molecule has 1 fully saturated rings. The number of nitrogens with zero attached hydrogens (tertiary/aromatic N) is 1. The lowest BCUT2D eigenvalue weighted by Crippen LogP contribution is -2.56. The predicted octanol–water partition coefficient (Wildman–Crippen LogP) is 5.63. The standard InChI is InChI=1S/C38H47N3O7/c1-37(2,3)47-35(45)31(24-25-13-9-7-10-14-25)39-33(43)32(27-15-11-8-12-16-27)41(28-19-20-28)34(44)30(40-36(46)48-38(4,5)6)23-26-17-21-29(42)22-18-26/h7-18,21-22,28,30-32,42H,19-20,23-24H2,1-6H3,(H,39,43)(H,40,46). The molecule has 10 nitrogen and oxygen atoms in total. The molecule has 10 heteroatoms. The summed E-state index contributed by atoms with van der Waals surface area (Å²) >= 11 is 0. The zero-order valence-corrected chi connectivity index (χ0v) is 28.6. The molecule has 1 aliphatic carbocycles. The summed E-state index contributed by atoms with van der Waals surface area (Å²) in [6.45, 7) is 10.5. The molecule has 0 heterocycles. The fraction of sp³-hybridized carbons (Fsp3) is 0.421. The normalized spacial score (nSPS) is 15.0. The van der Waals surface area contributed by atoms with E-state index in [0.717, 1.165) is 5.56 Å². The maximum absolute atomic E-state index is 14.6. The average Bonchev–Trinajstić information content (AvgIpc) is 3.84. The number of alkyl carbamates (subject to hydrolysis) is 1. The molecule has 0 radical (unpaired) electrons. The highest BCUT2D eigenvalue weighted by Crippen LogP contribution is 2.36. The Bertz CT molecular complexity index is 1540. The first kappa shape index (κ1) is 36.0. The van der Waals surface area contributed by atoms with Gasteiger partial charge in [-0.2, -0.15) is 0 Å². The third-order valence-corrected chi connectivity index (χ3v) is 7.49. The molecule has 0 aliphatic heterocycles. The Kier molecular flexibility index (Phi) is 11.5. The van der Waals surface area contributed by atoms with Crippen molar-refractivity contribution in [3.63, 3.8) is 0 Å². The highest BCUT2D eigenvalue weighted by molar-refractivity contribution is 5.94. The molecule has 0 aromatic heterocycles. The number of ether oxygens (including phenoxy) is 2. The van der Waals surface area contributed by atoms with Crippen molar-refractivity contribution in [1.82, 2.24) is 15.5 Å². The summed E-state index contributed by atoms with van der Waals surface area (Å²) in [5.41, 5.74) is 0.468. The van der Waals surface area contributed by atoms with E-state index in [-0.39, 0.29) is 24.6 Å². The summed E-state index contributed by atoms with van der Waals surface area (Å²) in [5, 5.41) is 15.5. The number of aromatic hydroxyl groups is 1. The topological polar surface area (TPSA) is 134 Å². The van der Waals surface area contributed by atoms with Crippen molar-refractivity contribution in [2.45, 2.75) is 103 Å². The lowest BCUT2D eigenvalue weighted by atomic mass is 9.99. The Morgan fingerprint density at radius 1 is 0.729 bits per heavy atom. The molecule has 3 atom stereocenters. The van der Waals surface area contributed by atoms with E-state index in [1.165, 1.54) is 17.0 Å². The minimum atomic E-state index is -1.12. The van der Waals surface area contributed by atoms with Crippen LogP contribution in [-0.2, 0) is 36.7 Å². The number of hydrogen-bond donors (Lipinski definition) is 3. The molecule has 3 N–H and O–H groups in total. The minimum absolute atomic E-state index is 0.0668. The number of hydrogen-bond acceptors (Lipinski definition) is 7. The van der Waals surface area contributed by atoms with E-state index < -0.39 is 53.2 Å². The monoisotopic (exact) mass is 657 g/mol. The summed E-state index contributed by atoms with van der Waals surface area (Å²) in [6.07, 6.45) is 0.827. The molecule has 3 aromatic carbocycles. The molecule has 4 rings (SSSR count). The molecule has 48 heavy (non-hydrogen) atoms. The van der Waals surface area contributed by atoms with Crippen LogP contribution in [0.3, 0.4) is 0 Å². The van der Waals surface area contributed by atoms with E-state index in [1.807, 2.05) is 36.4 Å². The number of phenols is 1. The van der Waals surface area contributed by atoms with E-state index in [0.29, 0.717) is 24.0 Å². The van der Waals surface area contributed by atoms with Crippen molar-refractivity contribution >= 4 is 23.9 Å². The van der Waals surface area contributed by atoms with E-state index in [4.69, 9.17) is 9.47 Å². The second-order valence-electron chi connectivity index (χ2n) is 14.1. The summed E-state index contributed by atoms with van der Waals surface area (Å²) in [7, 11) is 0. The molecular weight excluding hydrogens is 610 g/mol. The Hall–Kier alpha value is -4.86. The smallest absolute Gasteiger partial charge is 0.408 e. The minimum Gasteiger partial charge on any atom is -0.508 e. The van der Waals surface area contributed by atoms with Gasteiger partial charge in [-0.25, -0.2) is 9.59 Å². The lowest BCUT2D eigenvalue weighted by molar-refractivity contribution is -0.159. The van der Waals surface area contributed by atoms with Gasteiger partial charge >= 0.3 is 12.1 Å². The fourth-order valence-electron chi connectivity index (χ4n) is 5.31. The van der Waals surface area contributed by atoms with Gasteiger partial charge in [0.15, 0.2) is 0 Å². The number of carbonyl (C=O) groups is 4. The molecular formula is C38H47N3O7. The van der Waals surface area contributed by atoms with Crippen molar-refractivity contribution < 1.29 is 33.8 Å². The van der Waals surface area contributed by atoms with Gasteiger partial charge in [-0.3, -0.25) is 9.59 Å². The first-order valence-corrected chi connectivity index (χ1v) is 16.3. The largest absolute Gasteiger partial charge is 0.508 e. The van der Waals surface area contributed by atoms with Crippen LogP contribution in [0.4, 0.5) is 4.79 Å². The molecule has 0 bridgehead atoms. The van der Waals surface area contributed by atoms with Crippen molar-refractivity contribution in [1.29, 1.82) is 0 Å². The third kappa shape index (κ3) is 10.9. The summed E-state index contributed by atoms with van der Waals surface area (Å²) in [5.74, 6) is -1.55. The van der Waals surface area contributed by atoms with Crippen molar-refractivity contribution in [2.75, 3.05) is 0 Å². The van der Waals surface area contributed by atoms with Crippen LogP contribution in [0.2, 0.25) is 0 Å². The summed E-state index contributed by atoms with van der Waals surface area (Å²) < 4.78 is 11.2. The highest BCUT2D eigenvalue weighted by atomic mass is 16.6. The Balaban J connectivity index is 1.71. The maximum atomic E-state index is 14.6. The number of amides is 3. The van der Waals surface area contributed by atoms with Crippen molar-refractivity contribution in [3.8, 4) is 5.75 Å². The molecule has 3 unspecified atom stereocenters. The zero-order valence-electron chi connectivity index (χ0n) is 28.6. The second kappa shape index (κ2) is 15.4. The zero-order chi connectivity index (χ0) is 35.1. The van der Waals surface area contributed by atoms with Gasteiger partial charge in [0.05, 0.1) is 0 Å². The number of rotatable bonds is 12. The number of carbonyl (C=O) groups excluding carboxylic acids is 4. The van der Waals surface area contributed by atoms with Crippen molar-refractivity contribution in [3.05, 3.63) is 102 Å². The first-order chi connectivity index (χ1) is 22.6. The van der Waals surface area contributed by atoms with E-state index in [9.17, 15) is 24.3 Å². The number of phenolic OH excluding ortho intramolecular Hbond substituents is 1. The van der Waals surface area contributed by atoms with Crippen LogP contribution in [0.1, 0.15) is 77.1 Å². The van der Waals surface area contributed by atoms with Crippen LogP contribution in [0.25, 0.3) is 0 Å². The predicted molar refractivity (Wildman–Crippen MR) is 182 cm³/mol. The van der Waals surface area contributed by atoms with Gasteiger partial charge in [0.2, 0.25) is 11.8 Å². The molecule has 1 aliphatic rings. The van der Waals surface area contributed by atoms with E-state index in [1.54, 1.807) is 77.9 Å². The molecule has 256 valence electrons. The maximum Gasteiger partial charge on any atom is 0.408 e. The highest BCUT2D eigenvalue weighted by Gasteiger charge is 2.45. The van der Waals surface area contributed by atoms with Gasteiger partial charge < -0.3 is 30.1 Å². The van der Waals surface area contributed by atoms with Crippen LogP contribution in [0.5, 0.6) is 5.75 Å². The molecule has 0 saturated heterocycles. The van der Waals surface area contributed by atoms with E-state index in [2.05, 4.69) is 10.6 Å². The van der Waals surface area contributed by atoms with Crippen molar-refractivity contribution in [2.24, 2.45) is 0 Å². The number of esters is 1. The van der Waals surface area contributed by atoms with Crippen LogP contribution >= 0.6 is 0 Å². The quantitative estimate of drug-likeness (QED) is 0.215. The molecule has 3 aromatic rings. The number of benzene rings is 3. The number of nitrogens with one attached hydrogen (secondary N) is 2. The summed E-state index contributed by atoms with van der Waals surface area (Å²) in [4.78, 5) is 57.2. The van der Waals surface area contributed by atoms with Gasteiger partial charge in [-0.15, -0.1) is 0 Å². The van der Waals surface area contributed by atoms with Gasteiger partial charge in [-0.1, -0.05) is 72.8 Å². The Morgan fingerprint density at radius 3 is 1.79 bits per heavy atom. The van der Waals surface area contributed by atoms with Gasteiger partial charge in [0, 0.05) is 18.9 Å². The Labute approximate surface area is 282 Å². The molecule has 1 saturated carbocycles. The van der Waals surface area contributed by atoms with Crippen LogP contribution in [0, 0.1) is 0 Å². The average molecular weight is 658 g/mol. The van der Waals surface area contributed by atoms with Gasteiger partial charge in [-0.05, 0) is 83.2 Å². The van der Waals surface area contributed by atoms with Crippen LogP contribution in [-0.4, -0.2) is 63.2 Å². The van der Waals surface area contributed by atoms with Gasteiger partial charge in [0.1, 0.15) is 35.1 Å². The Morgan fingerprint density at radius 2 is 1.25 bits per heavy atom. The summed E-state index contributed by atoms with van der Waals surface area (Å²) in [6, 6.07) is 21.1. The second-order valence-corrected chi connectivity index (χ2v) is 14.1. The SMILES string of the molecule is CC(C)(C)OC(=O)NC(Cc1ccc(O)cc1)C(=O)N(C1CC1)C(C(=O)NC(Cc1ccccc1)C(=O)OC(C)(C)C)c1ccccc1. The first-order valence-electron chi connectivity index (χ1n) is 16.3. The van der Waals surface area contributed by atoms with Crippen LogP contribution < -0.4 is 10.6 Å². The van der Waals surface area contributed by atoms with Gasteiger partial charge in [0.25, 0.3) is 0 Å². The molecule has 3 amide bonds. The van der Waals surface area contributed by atoms with Crippen LogP contribution in [0.15, 0.2) is 84.9 Å². The fourth-order valence-corrected chi connectivity index (χ4v) is 5.31. The van der Waals surface area contributed by atoms with E-state index >= 15 is 0 Å². The lowest BCUT2D eigenvalue weighted by Gasteiger charge is -2.35. The molecule has 0 spiro atoms. The third-order valence-electron chi connectivity index (χ3n) is 7.49.